The van der Waals surface area contributed by atoms with E-state index in [0.29, 0.717) is 10.7 Å². The quantitative estimate of drug-likeness (QED) is 0.675. The van der Waals surface area contributed by atoms with E-state index >= 15 is 0 Å². The third kappa shape index (κ3) is 2.84. The normalized spacial score (nSPS) is 13.3. The first-order valence-corrected chi connectivity index (χ1v) is 5.80. The lowest BCUT2D eigenvalue weighted by Crippen LogP contribution is -1.90. The van der Waals surface area contributed by atoms with Gasteiger partial charge in [-0.15, -0.1) is 0 Å². The Hall–Kier alpha value is -0.300. The van der Waals surface area contributed by atoms with E-state index in [-0.39, 0.29) is 0 Å². The summed E-state index contributed by atoms with van der Waals surface area (Å²) < 4.78 is 0. The highest BCUT2D eigenvalue weighted by Gasteiger charge is 2.04. The zero-order valence-corrected chi connectivity index (χ0v) is 10.1. The third-order valence-electron chi connectivity index (χ3n) is 2.32. The molecule has 0 N–H and O–H groups in total. The van der Waals surface area contributed by atoms with Gasteiger partial charge in [0.1, 0.15) is 0 Å². The lowest BCUT2D eigenvalue weighted by Gasteiger charge is -2.09. The maximum absolute atomic E-state index is 3.65. The molecule has 0 radical (unpaired) electrons. The number of hydrogen-bond acceptors (Lipinski definition) is 0. The molecule has 1 aromatic carbocycles. The standard InChI is InChI=1S/C12H17Br/c1-4-12(13)11-7-5-10(6-8-11)9(2)3/h5-9,12H,4H2,1-3H3. The molecule has 0 nitrogen and oxygen atoms in total. The lowest BCUT2D eigenvalue weighted by molar-refractivity contribution is 0.859. The fraction of sp³-hybridized carbons (Fsp3) is 0.500. The zero-order valence-electron chi connectivity index (χ0n) is 8.55. The maximum Gasteiger partial charge on any atom is 0.0392 e. The number of alkyl halides is 1. The van der Waals surface area contributed by atoms with Gasteiger partial charge >= 0.3 is 0 Å². The molecule has 0 aliphatic carbocycles. The Morgan fingerprint density at radius 1 is 1.08 bits per heavy atom. The Balaban J connectivity index is 2.81. The van der Waals surface area contributed by atoms with Crippen molar-refractivity contribution in [2.75, 3.05) is 0 Å². The van der Waals surface area contributed by atoms with Crippen LogP contribution >= 0.6 is 15.9 Å². The Kier molecular flexibility index (Phi) is 3.98. The van der Waals surface area contributed by atoms with Crippen LogP contribution in [0.15, 0.2) is 24.3 Å². The zero-order chi connectivity index (χ0) is 9.84. The van der Waals surface area contributed by atoms with Crippen LogP contribution in [-0.2, 0) is 0 Å². The van der Waals surface area contributed by atoms with Gasteiger partial charge in [-0.1, -0.05) is 61.0 Å². The molecule has 1 heteroatoms. The van der Waals surface area contributed by atoms with Gasteiger partial charge in [-0.3, -0.25) is 0 Å². The smallest absolute Gasteiger partial charge is 0.0392 e. The second-order valence-electron chi connectivity index (χ2n) is 3.70. The van der Waals surface area contributed by atoms with Crippen molar-refractivity contribution in [1.82, 2.24) is 0 Å². The molecule has 0 aromatic heterocycles. The third-order valence-corrected chi connectivity index (χ3v) is 3.50. The predicted molar refractivity (Wildman–Crippen MR) is 62.5 cm³/mol. The minimum Gasteiger partial charge on any atom is -0.0839 e. The Bertz CT molecular complexity index is 248. The van der Waals surface area contributed by atoms with Crippen molar-refractivity contribution < 1.29 is 0 Å². The van der Waals surface area contributed by atoms with Crippen LogP contribution in [0.25, 0.3) is 0 Å². The molecule has 0 spiro atoms. The molecule has 0 aliphatic rings. The minimum absolute atomic E-state index is 0.508. The molecule has 0 saturated carbocycles. The van der Waals surface area contributed by atoms with E-state index in [9.17, 15) is 0 Å². The van der Waals surface area contributed by atoms with E-state index in [0.717, 1.165) is 6.42 Å². The van der Waals surface area contributed by atoms with E-state index in [1.54, 1.807) is 0 Å². The maximum atomic E-state index is 3.65. The fourth-order valence-corrected chi connectivity index (χ4v) is 1.63. The molecule has 1 aromatic rings. The van der Waals surface area contributed by atoms with E-state index in [1.165, 1.54) is 11.1 Å². The van der Waals surface area contributed by atoms with Crippen LogP contribution in [0.2, 0.25) is 0 Å². The fourth-order valence-electron chi connectivity index (χ4n) is 1.33. The predicted octanol–water partition coefficient (Wildman–Crippen LogP) is 4.66. The summed E-state index contributed by atoms with van der Waals surface area (Å²) in [5, 5.41) is 0. The summed E-state index contributed by atoms with van der Waals surface area (Å²) >= 11 is 3.65. The van der Waals surface area contributed by atoms with Crippen LogP contribution in [0.5, 0.6) is 0 Å². The molecule has 1 rings (SSSR count). The Labute approximate surface area is 89.5 Å². The van der Waals surface area contributed by atoms with Gasteiger partial charge in [0.05, 0.1) is 0 Å². The molecule has 0 heterocycles. The van der Waals surface area contributed by atoms with Gasteiger partial charge < -0.3 is 0 Å². The Morgan fingerprint density at radius 2 is 1.54 bits per heavy atom. The summed E-state index contributed by atoms with van der Waals surface area (Å²) in [7, 11) is 0. The lowest BCUT2D eigenvalue weighted by atomic mass is 10.0. The summed E-state index contributed by atoms with van der Waals surface area (Å²) in [4.78, 5) is 0.508. The molecule has 0 aliphatic heterocycles. The summed E-state index contributed by atoms with van der Waals surface area (Å²) in [6.45, 7) is 6.64. The molecule has 13 heavy (non-hydrogen) atoms. The monoisotopic (exact) mass is 240 g/mol. The number of halogens is 1. The second kappa shape index (κ2) is 4.80. The molecular formula is C12H17Br. The molecule has 1 unspecified atom stereocenters. The number of rotatable bonds is 3. The molecule has 0 amide bonds. The highest BCUT2D eigenvalue weighted by atomic mass is 79.9. The van der Waals surface area contributed by atoms with Crippen molar-refractivity contribution in [2.24, 2.45) is 0 Å². The van der Waals surface area contributed by atoms with Crippen molar-refractivity contribution in [3.05, 3.63) is 35.4 Å². The SMILES string of the molecule is CCC(Br)c1ccc(C(C)C)cc1. The van der Waals surface area contributed by atoms with Crippen molar-refractivity contribution >= 4 is 15.9 Å². The Morgan fingerprint density at radius 3 is 1.92 bits per heavy atom. The van der Waals surface area contributed by atoms with Gasteiger partial charge in [0.25, 0.3) is 0 Å². The number of benzene rings is 1. The first-order chi connectivity index (χ1) is 6.15. The highest BCUT2D eigenvalue weighted by molar-refractivity contribution is 9.09. The molecule has 0 bridgehead atoms. The molecule has 0 saturated heterocycles. The van der Waals surface area contributed by atoms with E-state index in [2.05, 4.69) is 61.0 Å². The van der Waals surface area contributed by atoms with Gasteiger partial charge in [0, 0.05) is 4.83 Å². The van der Waals surface area contributed by atoms with Crippen molar-refractivity contribution in [1.29, 1.82) is 0 Å². The second-order valence-corrected chi connectivity index (χ2v) is 4.80. The first-order valence-electron chi connectivity index (χ1n) is 4.89. The van der Waals surface area contributed by atoms with Crippen molar-refractivity contribution in [2.45, 2.75) is 37.9 Å². The van der Waals surface area contributed by atoms with E-state index in [4.69, 9.17) is 0 Å². The summed E-state index contributed by atoms with van der Waals surface area (Å²) in [6, 6.07) is 8.89. The minimum atomic E-state index is 0.508. The van der Waals surface area contributed by atoms with Crippen molar-refractivity contribution in [3.63, 3.8) is 0 Å². The van der Waals surface area contributed by atoms with Gasteiger partial charge in [-0.05, 0) is 23.5 Å². The van der Waals surface area contributed by atoms with E-state index in [1.807, 2.05) is 0 Å². The van der Waals surface area contributed by atoms with Crippen LogP contribution in [0.1, 0.15) is 49.1 Å². The van der Waals surface area contributed by atoms with Crippen LogP contribution in [0.3, 0.4) is 0 Å². The van der Waals surface area contributed by atoms with Gasteiger partial charge in [0.15, 0.2) is 0 Å². The average Bonchev–Trinajstić information content (AvgIpc) is 2.17. The summed E-state index contributed by atoms with van der Waals surface area (Å²) in [5.41, 5.74) is 2.80. The van der Waals surface area contributed by atoms with Crippen molar-refractivity contribution in [3.8, 4) is 0 Å². The molecule has 0 fully saturated rings. The van der Waals surface area contributed by atoms with Gasteiger partial charge in [-0.2, -0.15) is 0 Å². The molecule has 1 atom stereocenters. The van der Waals surface area contributed by atoms with Crippen LogP contribution < -0.4 is 0 Å². The van der Waals surface area contributed by atoms with Crippen LogP contribution in [0, 0.1) is 0 Å². The summed E-state index contributed by atoms with van der Waals surface area (Å²) in [6.07, 6.45) is 1.14. The van der Waals surface area contributed by atoms with Crippen LogP contribution in [-0.4, -0.2) is 0 Å². The number of hydrogen-bond donors (Lipinski definition) is 0. The highest BCUT2D eigenvalue weighted by Crippen LogP contribution is 2.27. The van der Waals surface area contributed by atoms with Crippen LogP contribution in [0.4, 0.5) is 0 Å². The summed E-state index contributed by atoms with van der Waals surface area (Å²) in [5.74, 6) is 0.629. The van der Waals surface area contributed by atoms with Gasteiger partial charge in [0.2, 0.25) is 0 Å². The molecular weight excluding hydrogens is 224 g/mol. The van der Waals surface area contributed by atoms with Gasteiger partial charge in [-0.25, -0.2) is 0 Å². The molecule has 72 valence electrons. The average molecular weight is 241 g/mol. The topological polar surface area (TPSA) is 0 Å². The largest absolute Gasteiger partial charge is 0.0839 e. The van der Waals surface area contributed by atoms with E-state index < -0.39 is 0 Å². The first kappa shape index (κ1) is 10.8.